The third-order valence-electron chi connectivity index (χ3n) is 3.46. The minimum atomic E-state index is -0.977. The van der Waals surface area contributed by atoms with E-state index in [2.05, 4.69) is 5.32 Å². The number of carbonyl (C=O) groups excluding carboxylic acids is 2. The van der Waals surface area contributed by atoms with Crippen LogP contribution in [-0.2, 0) is 11.2 Å². The molecule has 3 N–H and O–H groups in total. The quantitative estimate of drug-likeness (QED) is 0.886. The number of amides is 2. The third-order valence-corrected chi connectivity index (χ3v) is 3.46. The van der Waals surface area contributed by atoms with Crippen LogP contribution in [0.1, 0.15) is 21.5 Å². The van der Waals surface area contributed by atoms with Crippen molar-refractivity contribution in [2.75, 3.05) is 0 Å². The number of hydrogen-bond acceptors (Lipinski definition) is 2. The Labute approximate surface area is 132 Å². The van der Waals surface area contributed by atoms with E-state index in [1.54, 1.807) is 0 Å². The number of nitrogens with one attached hydrogen (secondary N) is 1. The van der Waals surface area contributed by atoms with E-state index in [1.807, 2.05) is 31.2 Å². The van der Waals surface area contributed by atoms with Gasteiger partial charge in [-0.3, -0.25) is 9.59 Å². The van der Waals surface area contributed by atoms with Gasteiger partial charge in [0.2, 0.25) is 5.91 Å². The number of benzene rings is 2. The van der Waals surface area contributed by atoms with E-state index in [9.17, 15) is 18.4 Å². The standard InChI is InChI=1S/C17H16F2N2O2/c1-10-4-2-3-5-11(10)8-15(16(20)22)21-17(23)12-6-13(18)9-14(19)7-12/h2-7,9,15H,8H2,1H3,(H2,20,22)(H,21,23)/t15-/m0/s1. The van der Waals surface area contributed by atoms with Crippen LogP contribution in [0.2, 0.25) is 0 Å². The SMILES string of the molecule is Cc1ccccc1C[C@H](NC(=O)c1cc(F)cc(F)c1)C(N)=O. The number of rotatable bonds is 5. The van der Waals surface area contributed by atoms with Crippen molar-refractivity contribution in [1.82, 2.24) is 5.32 Å². The van der Waals surface area contributed by atoms with Crippen LogP contribution in [0.4, 0.5) is 8.78 Å². The number of carbonyl (C=O) groups is 2. The van der Waals surface area contributed by atoms with Crippen LogP contribution >= 0.6 is 0 Å². The Morgan fingerprint density at radius 1 is 1.13 bits per heavy atom. The molecule has 0 unspecified atom stereocenters. The van der Waals surface area contributed by atoms with Gasteiger partial charge in [0, 0.05) is 18.1 Å². The normalized spacial score (nSPS) is 11.8. The van der Waals surface area contributed by atoms with E-state index in [-0.39, 0.29) is 12.0 Å². The van der Waals surface area contributed by atoms with Crippen LogP contribution in [0.5, 0.6) is 0 Å². The maximum absolute atomic E-state index is 13.2. The first-order chi connectivity index (χ1) is 10.9. The molecule has 0 bridgehead atoms. The summed E-state index contributed by atoms with van der Waals surface area (Å²) < 4.78 is 26.3. The summed E-state index contributed by atoms with van der Waals surface area (Å²) in [6, 6.07) is 8.83. The summed E-state index contributed by atoms with van der Waals surface area (Å²) in [5.41, 5.74) is 6.91. The highest BCUT2D eigenvalue weighted by Gasteiger charge is 2.20. The zero-order valence-corrected chi connectivity index (χ0v) is 12.5. The van der Waals surface area contributed by atoms with Crippen LogP contribution in [0.15, 0.2) is 42.5 Å². The van der Waals surface area contributed by atoms with Crippen molar-refractivity contribution in [2.24, 2.45) is 5.73 Å². The predicted octanol–water partition coefficient (Wildman–Crippen LogP) is 2.10. The molecule has 0 radical (unpaired) electrons. The summed E-state index contributed by atoms with van der Waals surface area (Å²) in [7, 11) is 0. The van der Waals surface area contributed by atoms with E-state index in [0.29, 0.717) is 6.07 Å². The maximum atomic E-state index is 13.2. The van der Waals surface area contributed by atoms with E-state index >= 15 is 0 Å². The Bertz CT molecular complexity index is 727. The van der Waals surface area contributed by atoms with Crippen LogP contribution in [0, 0.1) is 18.6 Å². The van der Waals surface area contributed by atoms with Crippen molar-refractivity contribution in [3.8, 4) is 0 Å². The minimum Gasteiger partial charge on any atom is -0.368 e. The lowest BCUT2D eigenvalue weighted by atomic mass is 10.0. The number of primary amides is 1. The Hall–Kier alpha value is -2.76. The topological polar surface area (TPSA) is 72.2 Å². The molecule has 0 aromatic heterocycles. The van der Waals surface area contributed by atoms with Gasteiger partial charge in [-0.15, -0.1) is 0 Å². The molecule has 2 aromatic rings. The van der Waals surface area contributed by atoms with Crippen molar-refractivity contribution in [3.63, 3.8) is 0 Å². The first kappa shape index (κ1) is 16.6. The molecule has 6 heteroatoms. The summed E-state index contributed by atoms with van der Waals surface area (Å²) >= 11 is 0. The Morgan fingerprint density at radius 3 is 2.30 bits per heavy atom. The van der Waals surface area contributed by atoms with Gasteiger partial charge in [0.1, 0.15) is 17.7 Å². The number of halogens is 2. The second-order valence-electron chi connectivity index (χ2n) is 5.22. The molecule has 0 heterocycles. The monoisotopic (exact) mass is 318 g/mol. The van der Waals surface area contributed by atoms with Gasteiger partial charge in [0.05, 0.1) is 0 Å². The molecule has 0 aliphatic rings. The zero-order valence-electron chi connectivity index (χ0n) is 12.5. The average molecular weight is 318 g/mol. The van der Waals surface area contributed by atoms with E-state index in [1.165, 1.54) is 0 Å². The second kappa shape index (κ2) is 7.00. The molecule has 1 atom stereocenters. The summed E-state index contributed by atoms with van der Waals surface area (Å²) in [5, 5.41) is 2.42. The van der Waals surface area contributed by atoms with Gasteiger partial charge in [-0.1, -0.05) is 24.3 Å². The maximum Gasteiger partial charge on any atom is 0.252 e. The Balaban J connectivity index is 2.18. The molecule has 0 spiro atoms. The van der Waals surface area contributed by atoms with E-state index < -0.39 is 29.5 Å². The molecular weight excluding hydrogens is 302 g/mol. The summed E-state index contributed by atoms with van der Waals surface area (Å²) in [5.74, 6) is -3.23. The van der Waals surface area contributed by atoms with E-state index in [4.69, 9.17) is 5.73 Å². The predicted molar refractivity (Wildman–Crippen MR) is 81.7 cm³/mol. The summed E-state index contributed by atoms with van der Waals surface area (Å²) in [4.78, 5) is 23.7. The molecule has 4 nitrogen and oxygen atoms in total. The van der Waals surface area contributed by atoms with Gasteiger partial charge in [-0.05, 0) is 30.2 Å². The van der Waals surface area contributed by atoms with E-state index in [0.717, 1.165) is 23.3 Å². The first-order valence-electron chi connectivity index (χ1n) is 6.97. The fourth-order valence-corrected chi connectivity index (χ4v) is 2.21. The Morgan fingerprint density at radius 2 is 1.74 bits per heavy atom. The van der Waals surface area contributed by atoms with Crippen LogP contribution in [0.3, 0.4) is 0 Å². The van der Waals surface area contributed by atoms with Gasteiger partial charge in [-0.2, -0.15) is 0 Å². The van der Waals surface area contributed by atoms with Gasteiger partial charge < -0.3 is 11.1 Å². The smallest absolute Gasteiger partial charge is 0.252 e. The van der Waals surface area contributed by atoms with Crippen molar-refractivity contribution in [1.29, 1.82) is 0 Å². The average Bonchev–Trinajstić information content (AvgIpc) is 2.47. The summed E-state index contributed by atoms with van der Waals surface area (Å²) in [6.45, 7) is 1.87. The van der Waals surface area contributed by atoms with Crippen molar-refractivity contribution >= 4 is 11.8 Å². The molecule has 0 fully saturated rings. The molecule has 0 aliphatic carbocycles. The summed E-state index contributed by atoms with van der Waals surface area (Å²) in [6.07, 6.45) is 0.200. The van der Waals surface area contributed by atoms with Crippen molar-refractivity contribution < 1.29 is 18.4 Å². The van der Waals surface area contributed by atoms with Crippen LogP contribution in [-0.4, -0.2) is 17.9 Å². The first-order valence-corrected chi connectivity index (χ1v) is 6.97. The molecule has 2 amide bonds. The molecule has 120 valence electrons. The molecule has 23 heavy (non-hydrogen) atoms. The number of aryl methyl sites for hydroxylation is 1. The number of hydrogen-bond donors (Lipinski definition) is 2. The highest BCUT2D eigenvalue weighted by atomic mass is 19.1. The fourth-order valence-electron chi connectivity index (χ4n) is 2.21. The third kappa shape index (κ3) is 4.35. The Kier molecular flexibility index (Phi) is 5.05. The molecule has 0 aliphatic heterocycles. The molecule has 0 saturated heterocycles. The highest BCUT2D eigenvalue weighted by molar-refractivity contribution is 5.97. The lowest BCUT2D eigenvalue weighted by molar-refractivity contribution is -0.119. The highest BCUT2D eigenvalue weighted by Crippen LogP contribution is 2.12. The minimum absolute atomic E-state index is 0.200. The zero-order chi connectivity index (χ0) is 17.0. The van der Waals surface area contributed by atoms with Crippen LogP contribution in [0.25, 0.3) is 0 Å². The van der Waals surface area contributed by atoms with Gasteiger partial charge >= 0.3 is 0 Å². The lowest BCUT2D eigenvalue weighted by Gasteiger charge is -2.17. The second-order valence-corrected chi connectivity index (χ2v) is 5.22. The molecular formula is C17H16F2N2O2. The van der Waals surface area contributed by atoms with Crippen LogP contribution < -0.4 is 11.1 Å². The molecule has 2 aromatic carbocycles. The fraction of sp³-hybridized carbons (Fsp3) is 0.176. The lowest BCUT2D eigenvalue weighted by Crippen LogP contribution is -2.46. The number of nitrogens with two attached hydrogens (primary N) is 1. The molecule has 0 saturated carbocycles. The largest absolute Gasteiger partial charge is 0.368 e. The van der Waals surface area contributed by atoms with Crippen molar-refractivity contribution in [2.45, 2.75) is 19.4 Å². The van der Waals surface area contributed by atoms with Gasteiger partial charge in [0.25, 0.3) is 5.91 Å². The van der Waals surface area contributed by atoms with Gasteiger partial charge in [-0.25, -0.2) is 8.78 Å². The van der Waals surface area contributed by atoms with Crippen molar-refractivity contribution in [3.05, 3.63) is 70.8 Å². The molecule has 2 rings (SSSR count). The van der Waals surface area contributed by atoms with Gasteiger partial charge in [0.15, 0.2) is 0 Å².